The molecule has 1 aliphatic heterocycles. The highest BCUT2D eigenvalue weighted by Crippen LogP contribution is 2.24. The van der Waals surface area contributed by atoms with Gasteiger partial charge in [0.1, 0.15) is 5.82 Å². The SMILES string of the molecule is Cc1ccc(F)cc1S(=O)(=O)N1CCOCC1N=C=O. The Kier molecular flexibility index (Phi) is 4.29. The monoisotopic (exact) mass is 300 g/mol. The van der Waals surface area contributed by atoms with Crippen LogP contribution in [0.5, 0.6) is 0 Å². The third-order valence-corrected chi connectivity index (χ3v) is 5.03. The van der Waals surface area contributed by atoms with Gasteiger partial charge in [-0.2, -0.15) is 9.30 Å². The standard InChI is InChI=1S/C12H13FN2O4S/c1-9-2-3-10(13)6-11(9)20(17,18)15-4-5-19-7-12(15)14-8-16/h2-3,6,12H,4-5,7H2,1H3. The molecule has 1 saturated heterocycles. The molecule has 0 spiro atoms. The largest absolute Gasteiger partial charge is 0.376 e. The Morgan fingerprint density at radius 1 is 1.50 bits per heavy atom. The Hall–Kier alpha value is -1.60. The number of nitrogens with zero attached hydrogens (tertiary/aromatic N) is 2. The van der Waals surface area contributed by atoms with Gasteiger partial charge in [-0.05, 0) is 24.6 Å². The van der Waals surface area contributed by atoms with E-state index in [0.29, 0.717) is 5.56 Å². The second-order valence-electron chi connectivity index (χ2n) is 4.30. The van der Waals surface area contributed by atoms with Crippen LogP contribution in [0.25, 0.3) is 0 Å². The maximum atomic E-state index is 13.3. The van der Waals surface area contributed by atoms with Gasteiger partial charge < -0.3 is 4.74 Å². The maximum absolute atomic E-state index is 13.3. The predicted molar refractivity (Wildman–Crippen MR) is 67.8 cm³/mol. The van der Waals surface area contributed by atoms with Crippen LogP contribution in [0.2, 0.25) is 0 Å². The minimum atomic E-state index is -3.95. The summed E-state index contributed by atoms with van der Waals surface area (Å²) in [5.74, 6) is -0.641. The smallest absolute Gasteiger partial charge is 0.245 e. The number of hydrogen-bond acceptors (Lipinski definition) is 5. The van der Waals surface area contributed by atoms with Gasteiger partial charge in [-0.15, -0.1) is 0 Å². The Labute approximate surface area is 115 Å². The van der Waals surface area contributed by atoms with E-state index in [4.69, 9.17) is 4.74 Å². The van der Waals surface area contributed by atoms with Gasteiger partial charge in [0, 0.05) is 6.54 Å². The van der Waals surface area contributed by atoms with Gasteiger partial charge in [0.05, 0.1) is 18.1 Å². The average molecular weight is 300 g/mol. The lowest BCUT2D eigenvalue weighted by Gasteiger charge is -2.31. The molecule has 1 aliphatic rings. The van der Waals surface area contributed by atoms with Crippen LogP contribution in [-0.2, 0) is 19.6 Å². The van der Waals surface area contributed by atoms with Crippen LogP contribution in [-0.4, -0.2) is 44.7 Å². The molecule has 1 aromatic carbocycles. The third kappa shape index (κ3) is 2.78. The van der Waals surface area contributed by atoms with Crippen LogP contribution in [0.1, 0.15) is 5.56 Å². The highest BCUT2D eigenvalue weighted by atomic mass is 32.2. The van der Waals surface area contributed by atoms with Crippen molar-refractivity contribution in [2.24, 2.45) is 4.99 Å². The zero-order chi connectivity index (χ0) is 14.8. The van der Waals surface area contributed by atoms with Crippen molar-refractivity contribution in [2.75, 3.05) is 19.8 Å². The summed E-state index contributed by atoms with van der Waals surface area (Å²) < 4.78 is 44.5. The fourth-order valence-electron chi connectivity index (χ4n) is 2.00. The lowest BCUT2D eigenvalue weighted by atomic mass is 10.2. The van der Waals surface area contributed by atoms with Crippen molar-refractivity contribution in [3.63, 3.8) is 0 Å². The number of aliphatic imine (C=N–C) groups is 1. The van der Waals surface area contributed by atoms with Crippen LogP contribution in [0.4, 0.5) is 4.39 Å². The van der Waals surface area contributed by atoms with Gasteiger partial charge in [0.2, 0.25) is 16.1 Å². The van der Waals surface area contributed by atoms with Crippen molar-refractivity contribution < 1.29 is 22.3 Å². The first-order chi connectivity index (χ1) is 9.46. The van der Waals surface area contributed by atoms with E-state index in [2.05, 4.69) is 4.99 Å². The maximum Gasteiger partial charge on any atom is 0.245 e. The topological polar surface area (TPSA) is 76.0 Å². The lowest BCUT2D eigenvalue weighted by Crippen LogP contribution is -2.47. The minimum absolute atomic E-state index is 0.0250. The summed E-state index contributed by atoms with van der Waals surface area (Å²) in [6.07, 6.45) is 0.368. The van der Waals surface area contributed by atoms with E-state index in [9.17, 15) is 17.6 Å². The molecule has 1 heterocycles. The van der Waals surface area contributed by atoms with E-state index < -0.39 is 22.0 Å². The van der Waals surface area contributed by atoms with Gasteiger partial charge >= 0.3 is 0 Å². The minimum Gasteiger partial charge on any atom is -0.376 e. The van der Waals surface area contributed by atoms with Crippen molar-refractivity contribution in [2.45, 2.75) is 18.0 Å². The number of hydrogen-bond donors (Lipinski definition) is 0. The molecule has 20 heavy (non-hydrogen) atoms. The molecule has 0 bridgehead atoms. The van der Waals surface area contributed by atoms with Crippen molar-refractivity contribution in [3.05, 3.63) is 29.6 Å². The van der Waals surface area contributed by atoms with Crippen molar-refractivity contribution in [1.82, 2.24) is 4.31 Å². The van der Waals surface area contributed by atoms with E-state index in [1.807, 2.05) is 0 Å². The van der Waals surface area contributed by atoms with E-state index in [-0.39, 0.29) is 24.7 Å². The van der Waals surface area contributed by atoms with Crippen LogP contribution < -0.4 is 0 Å². The van der Waals surface area contributed by atoms with Gasteiger partial charge in [-0.25, -0.2) is 17.6 Å². The summed E-state index contributed by atoms with van der Waals surface area (Å²) in [6.45, 7) is 1.79. The number of carbonyl (C=O) groups excluding carboxylic acids is 1. The molecule has 1 aromatic rings. The molecule has 108 valence electrons. The first-order valence-corrected chi connectivity index (χ1v) is 7.33. The van der Waals surface area contributed by atoms with Crippen LogP contribution in [0.15, 0.2) is 28.1 Å². The summed E-state index contributed by atoms with van der Waals surface area (Å²) in [4.78, 5) is 13.7. The summed E-state index contributed by atoms with van der Waals surface area (Å²) in [7, 11) is -3.95. The number of ether oxygens (including phenoxy) is 1. The Balaban J connectivity index is 2.47. The van der Waals surface area contributed by atoms with Crippen molar-refractivity contribution in [3.8, 4) is 0 Å². The molecular formula is C12H13FN2O4S. The van der Waals surface area contributed by atoms with Gasteiger partial charge in [0.25, 0.3) is 0 Å². The van der Waals surface area contributed by atoms with Gasteiger partial charge in [0.15, 0.2) is 6.17 Å². The average Bonchev–Trinajstić information content (AvgIpc) is 2.42. The van der Waals surface area contributed by atoms with Crippen molar-refractivity contribution >= 4 is 16.1 Å². The molecule has 1 fully saturated rings. The second kappa shape index (κ2) is 5.80. The molecule has 0 radical (unpaired) electrons. The number of morpholine rings is 1. The highest BCUT2D eigenvalue weighted by molar-refractivity contribution is 7.89. The van der Waals surface area contributed by atoms with E-state index >= 15 is 0 Å². The number of benzene rings is 1. The van der Waals surface area contributed by atoms with Gasteiger partial charge in [-0.3, -0.25) is 0 Å². The molecule has 2 rings (SSSR count). The predicted octanol–water partition coefficient (Wildman–Crippen LogP) is 0.817. The Bertz CT molecular complexity index is 655. The molecule has 1 atom stereocenters. The first-order valence-electron chi connectivity index (χ1n) is 5.89. The molecule has 8 heteroatoms. The zero-order valence-corrected chi connectivity index (χ0v) is 11.6. The molecule has 0 aliphatic carbocycles. The number of rotatable bonds is 3. The summed E-state index contributed by atoms with van der Waals surface area (Å²) in [6, 6.07) is 3.54. The van der Waals surface area contributed by atoms with Crippen LogP contribution in [0.3, 0.4) is 0 Å². The van der Waals surface area contributed by atoms with E-state index in [1.54, 1.807) is 6.92 Å². The number of sulfonamides is 1. The fourth-order valence-corrected chi connectivity index (χ4v) is 3.73. The first kappa shape index (κ1) is 14.8. The Morgan fingerprint density at radius 3 is 2.95 bits per heavy atom. The van der Waals surface area contributed by atoms with E-state index in [1.165, 1.54) is 18.2 Å². The zero-order valence-electron chi connectivity index (χ0n) is 10.7. The van der Waals surface area contributed by atoms with Crippen LogP contribution in [0, 0.1) is 12.7 Å². The van der Waals surface area contributed by atoms with Crippen LogP contribution >= 0.6 is 0 Å². The van der Waals surface area contributed by atoms with Gasteiger partial charge in [-0.1, -0.05) is 6.07 Å². The normalized spacial score (nSPS) is 20.4. The van der Waals surface area contributed by atoms with E-state index in [0.717, 1.165) is 10.4 Å². The highest BCUT2D eigenvalue weighted by Gasteiger charge is 2.35. The molecule has 0 amide bonds. The molecule has 1 unspecified atom stereocenters. The molecular weight excluding hydrogens is 287 g/mol. The summed E-state index contributed by atoms with van der Waals surface area (Å²) >= 11 is 0. The second-order valence-corrected chi connectivity index (χ2v) is 6.16. The quantitative estimate of drug-likeness (QED) is 0.611. The molecule has 0 N–H and O–H groups in total. The fraction of sp³-hybridized carbons (Fsp3) is 0.417. The molecule has 0 aromatic heterocycles. The third-order valence-electron chi connectivity index (χ3n) is 2.99. The molecule has 0 saturated carbocycles. The number of halogens is 1. The summed E-state index contributed by atoms with van der Waals surface area (Å²) in [5.41, 5.74) is 0.423. The molecule has 6 nitrogen and oxygen atoms in total. The van der Waals surface area contributed by atoms with Crippen molar-refractivity contribution in [1.29, 1.82) is 0 Å². The number of aryl methyl sites for hydroxylation is 1. The summed E-state index contributed by atoms with van der Waals surface area (Å²) in [5, 5.41) is 0. The lowest BCUT2D eigenvalue weighted by molar-refractivity contribution is 0.0359. The Morgan fingerprint density at radius 2 is 2.25 bits per heavy atom. The number of isocyanates is 1.